The first-order chi connectivity index (χ1) is 16.7. The Hall–Kier alpha value is -4.32. The Morgan fingerprint density at radius 2 is 2.03 bits per heavy atom. The van der Waals surface area contributed by atoms with Crippen molar-refractivity contribution in [2.45, 2.75) is 18.6 Å². The third kappa shape index (κ3) is 7.33. The van der Waals surface area contributed by atoms with Gasteiger partial charge in [0.25, 0.3) is 5.91 Å². The predicted molar refractivity (Wildman–Crippen MR) is 127 cm³/mol. The first kappa shape index (κ1) is 25.3. The van der Waals surface area contributed by atoms with E-state index in [1.165, 1.54) is 25.3 Å². The number of aromatic hydroxyl groups is 1. The molecule has 0 radical (unpaired) electrons. The van der Waals surface area contributed by atoms with Gasteiger partial charge in [0.05, 0.1) is 38.8 Å². The Labute approximate surface area is 201 Å². The zero-order valence-corrected chi connectivity index (χ0v) is 18.9. The number of amides is 2. The minimum absolute atomic E-state index is 0.178. The second-order valence-electron chi connectivity index (χ2n) is 7.76. The van der Waals surface area contributed by atoms with E-state index in [1.54, 1.807) is 24.3 Å². The number of carbonyl (C=O) groups is 3. The molecule has 0 saturated heterocycles. The van der Waals surface area contributed by atoms with Crippen LogP contribution in [0.25, 0.3) is 0 Å². The molecule has 0 aliphatic carbocycles. The van der Waals surface area contributed by atoms with Gasteiger partial charge in [-0.25, -0.2) is 0 Å². The topological polar surface area (TPSA) is 182 Å². The number of nitrogens with zero attached hydrogens (tertiary/aromatic N) is 1. The number of benzene rings is 2. The minimum atomic E-state index is -1.18. The number of ether oxygens (including phenoxy) is 1. The first-order valence-corrected chi connectivity index (χ1v) is 10.7. The predicted octanol–water partition coefficient (Wildman–Crippen LogP) is 0.195. The van der Waals surface area contributed by atoms with Crippen LogP contribution in [-0.4, -0.2) is 71.9 Å². The summed E-state index contributed by atoms with van der Waals surface area (Å²) in [5.41, 5.74) is 1.04. The van der Waals surface area contributed by atoms with Crippen LogP contribution in [0.5, 0.6) is 11.5 Å². The normalized spacial score (nSPS) is 15.7. The molecule has 0 fully saturated rings. The van der Waals surface area contributed by atoms with E-state index < -0.39 is 42.9 Å². The number of aliphatic hydroxyl groups excluding tert-OH is 1. The summed E-state index contributed by atoms with van der Waals surface area (Å²) < 4.78 is 5.10. The maximum atomic E-state index is 12.6. The first-order valence-electron chi connectivity index (χ1n) is 10.7. The van der Waals surface area contributed by atoms with Crippen LogP contribution in [0.2, 0.25) is 0 Å². The average molecular weight is 485 g/mol. The summed E-state index contributed by atoms with van der Waals surface area (Å²) >= 11 is 0. The molecule has 7 N–H and O–H groups in total. The van der Waals surface area contributed by atoms with Crippen LogP contribution in [0.3, 0.4) is 0 Å². The van der Waals surface area contributed by atoms with Crippen molar-refractivity contribution in [3.63, 3.8) is 0 Å². The molecule has 0 saturated carbocycles. The van der Waals surface area contributed by atoms with Crippen LogP contribution < -0.4 is 26.0 Å². The van der Waals surface area contributed by atoms with Crippen LogP contribution in [0.1, 0.15) is 28.4 Å². The molecule has 1 aliphatic heterocycles. The fourth-order valence-corrected chi connectivity index (χ4v) is 3.35. The lowest BCUT2D eigenvalue weighted by Crippen LogP contribution is -2.42. The summed E-state index contributed by atoms with van der Waals surface area (Å²) in [6, 6.07) is 9.77. The number of anilines is 1. The Balaban J connectivity index is 1.61. The SMILES string of the molecule is COc1ccc(O)c(C(CC(=O)O)NC(=O)CNC(=O)c2cccc(NC3=NCC(O)CN3)c2)c1. The van der Waals surface area contributed by atoms with Gasteiger partial charge in [-0.3, -0.25) is 19.4 Å². The van der Waals surface area contributed by atoms with Gasteiger partial charge in [0.15, 0.2) is 5.96 Å². The summed E-state index contributed by atoms with van der Waals surface area (Å²) in [5, 5.41) is 39.8. The number of nitrogens with one attached hydrogen (secondary N) is 4. The number of carboxylic acid groups (broad SMARTS) is 1. The van der Waals surface area contributed by atoms with E-state index in [0.29, 0.717) is 23.9 Å². The second-order valence-corrected chi connectivity index (χ2v) is 7.76. The van der Waals surface area contributed by atoms with Gasteiger partial charge in [-0.2, -0.15) is 0 Å². The minimum Gasteiger partial charge on any atom is -0.508 e. The number of guanidine groups is 1. The molecule has 3 rings (SSSR count). The number of phenolic OH excluding ortho intramolecular Hbond substituents is 1. The molecule has 2 aromatic carbocycles. The van der Waals surface area contributed by atoms with Gasteiger partial charge in [0.1, 0.15) is 11.5 Å². The average Bonchev–Trinajstić information content (AvgIpc) is 2.84. The third-order valence-corrected chi connectivity index (χ3v) is 5.09. The van der Waals surface area contributed by atoms with E-state index >= 15 is 0 Å². The van der Waals surface area contributed by atoms with Gasteiger partial charge < -0.3 is 41.3 Å². The number of aliphatic imine (C=N–C) groups is 1. The molecule has 0 spiro atoms. The molecule has 1 aliphatic rings. The molecule has 2 amide bonds. The highest BCUT2D eigenvalue weighted by molar-refractivity contribution is 5.99. The van der Waals surface area contributed by atoms with Crippen molar-refractivity contribution < 1.29 is 34.4 Å². The molecule has 2 aromatic rings. The summed E-state index contributed by atoms with van der Waals surface area (Å²) in [7, 11) is 1.42. The largest absolute Gasteiger partial charge is 0.508 e. The van der Waals surface area contributed by atoms with Crippen molar-refractivity contribution in [1.29, 1.82) is 0 Å². The van der Waals surface area contributed by atoms with Crippen molar-refractivity contribution in [2.24, 2.45) is 4.99 Å². The van der Waals surface area contributed by atoms with Crippen LogP contribution in [0.15, 0.2) is 47.5 Å². The number of phenols is 1. The number of hydrogen-bond acceptors (Lipinski definition) is 9. The monoisotopic (exact) mass is 485 g/mol. The molecule has 2 atom stereocenters. The molecule has 12 heteroatoms. The van der Waals surface area contributed by atoms with Crippen molar-refractivity contribution in [1.82, 2.24) is 16.0 Å². The maximum Gasteiger partial charge on any atom is 0.305 e. The van der Waals surface area contributed by atoms with Crippen molar-refractivity contribution in [3.8, 4) is 11.5 Å². The number of carbonyl (C=O) groups excluding carboxylic acids is 2. The van der Waals surface area contributed by atoms with Crippen molar-refractivity contribution >= 4 is 29.4 Å². The quantitative estimate of drug-likeness (QED) is 0.261. The van der Waals surface area contributed by atoms with E-state index in [2.05, 4.69) is 26.3 Å². The highest BCUT2D eigenvalue weighted by Gasteiger charge is 2.22. The molecular weight excluding hydrogens is 458 g/mol. The molecular formula is C23H27N5O7. The lowest BCUT2D eigenvalue weighted by Gasteiger charge is -2.20. The number of methoxy groups -OCH3 is 1. The van der Waals surface area contributed by atoms with E-state index in [1.807, 2.05) is 0 Å². The molecule has 186 valence electrons. The molecule has 35 heavy (non-hydrogen) atoms. The van der Waals surface area contributed by atoms with Crippen LogP contribution in [0, 0.1) is 0 Å². The van der Waals surface area contributed by atoms with Gasteiger partial charge >= 0.3 is 5.97 Å². The summed E-state index contributed by atoms with van der Waals surface area (Å²) in [6.45, 7) is 0.210. The maximum absolute atomic E-state index is 12.6. The number of carboxylic acids is 1. The molecule has 12 nitrogen and oxygen atoms in total. The van der Waals surface area contributed by atoms with E-state index in [9.17, 15) is 29.7 Å². The van der Waals surface area contributed by atoms with E-state index in [-0.39, 0.29) is 23.4 Å². The Kier molecular flexibility index (Phi) is 8.46. The Morgan fingerprint density at radius 1 is 1.23 bits per heavy atom. The number of rotatable bonds is 9. The Morgan fingerprint density at radius 3 is 2.71 bits per heavy atom. The van der Waals surface area contributed by atoms with Crippen molar-refractivity contribution in [3.05, 3.63) is 53.6 Å². The summed E-state index contributed by atoms with van der Waals surface area (Å²) in [5.74, 6) is -1.68. The van der Waals surface area contributed by atoms with E-state index in [4.69, 9.17) is 4.74 Å². The smallest absolute Gasteiger partial charge is 0.305 e. The van der Waals surface area contributed by atoms with Gasteiger partial charge in [-0.1, -0.05) is 6.07 Å². The third-order valence-electron chi connectivity index (χ3n) is 5.09. The lowest BCUT2D eigenvalue weighted by atomic mass is 10.0. The van der Waals surface area contributed by atoms with Gasteiger partial charge in [0.2, 0.25) is 5.91 Å². The highest BCUT2D eigenvalue weighted by atomic mass is 16.5. The number of aliphatic carboxylic acids is 1. The Bertz CT molecular complexity index is 1120. The highest BCUT2D eigenvalue weighted by Crippen LogP contribution is 2.30. The molecule has 1 heterocycles. The van der Waals surface area contributed by atoms with Gasteiger partial charge in [0, 0.05) is 23.4 Å². The van der Waals surface area contributed by atoms with Gasteiger partial charge in [-0.15, -0.1) is 0 Å². The molecule has 0 aromatic heterocycles. The number of aliphatic hydroxyl groups is 1. The van der Waals surface area contributed by atoms with Crippen molar-refractivity contribution in [2.75, 3.05) is 32.1 Å². The van der Waals surface area contributed by atoms with Gasteiger partial charge in [-0.05, 0) is 36.4 Å². The standard InChI is InChI=1S/C23H27N5O7/c1-35-16-5-6-19(30)17(8-16)18(9-21(32)33)28-20(31)12-24-22(34)13-3-2-4-14(7-13)27-23-25-10-15(29)11-26-23/h2-8,15,18,29-30H,9-12H2,1H3,(H,24,34)(H,28,31)(H,32,33)(H2,25,26,27). The number of β-amino-alcohol motifs (C(OH)–C–C–N with tert-alkyl or cyclic N) is 1. The second kappa shape index (κ2) is 11.7. The fraction of sp³-hybridized carbons (Fsp3) is 0.304. The number of hydrogen-bond donors (Lipinski definition) is 7. The van der Waals surface area contributed by atoms with E-state index in [0.717, 1.165) is 0 Å². The zero-order chi connectivity index (χ0) is 25.4. The summed E-state index contributed by atoms with van der Waals surface area (Å²) in [6.07, 6.45) is -1.03. The van der Waals surface area contributed by atoms with Crippen LogP contribution >= 0.6 is 0 Å². The fourth-order valence-electron chi connectivity index (χ4n) is 3.35. The molecule has 0 bridgehead atoms. The zero-order valence-electron chi connectivity index (χ0n) is 18.9. The molecule has 2 unspecified atom stereocenters. The summed E-state index contributed by atoms with van der Waals surface area (Å²) in [4.78, 5) is 40.5. The van der Waals surface area contributed by atoms with Crippen LogP contribution in [0.4, 0.5) is 5.69 Å². The van der Waals surface area contributed by atoms with Crippen LogP contribution in [-0.2, 0) is 9.59 Å². The lowest BCUT2D eigenvalue weighted by molar-refractivity contribution is -0.137.